The van der Waals surface area contributed by atoms with Gasteiger partial charge in [0, 0.05) is 23.2 Å². The first-order valence-electron chi connectivity index (χ1n) is 10.5. The van der Waals surface area contributed by atoms with Gasteiger partial charge in [-0.25, -0.2) is 5.10 Å². The molecule has 2 aromatic carbocycles. The van der Waals surface area contributed by atoms with Gasteiger partial charge in [0.2, 0.25) is 0 Å². The normalized spacial score (nSPS) is 11.7. The van der Waals surface area contributed by atoms with E-state index >= 15 is 0 Å². The fourth-order valence-electron chi connectivity index (χ4n) is 3.36. The van der Waals surface area contributed by atoms with Crippen molar-refractivity contribution >= 4 is 16.5 Å². The van der Waals surface area contributed by atoms with E-state index in [0.717, 1.165) is 48.4 Å². The Hall–Kier alpha value is -2.66. The van der Waals surface area contributed by atoms with Gasteiger partial charge < -0.3 is 10.6 Å². The summed E-state index contributed by atoms with van der Waals surface area (Å²) >= 11 is 0. The largest absolute Gasteiger partial charge is 0.385 e. The van der Waals surface area contributed by atoms with E-state index < -0.39 is 0 Å². The SMILES string of the molecule is CC(C)(C)CNCCCCCNc1cccc(-c2n[nH]c(=O)c3ccccc23)c1. The third-order valence-electron chi connectivity index (χ3n) is 4.85. The molecule has 0 amide bonds. The van der Waals surface area contributed by atoms with Crippen molar-refractivity contribution in [2.45, 2.75) is 40.0 Å². The zero-order chi connectivity index (χ0) is 20.7. The summed E-state index contributed by atoms with van der Waals surface area (Å²) in [5, 5.41) is 15.5. The molecule has 0 fully saturated rings. The number of H-pyrrole nitrogens is 1. The van der Waals surface area contributed by atoms with Gasteiger partial charge in [0.15, 0.2) is 0 Å². The summed E-state index contributed by atoms with van der Waals surface area (Å²) in [5.41, 5.74) is 3.06. The third kappa shape index (κ3) is 6.16. The van der Waals surface area contributed by atoms with Crippen molar-refractivity contribution in [1.29, 1.82) is 0 Å². The molecule has 0 aliphatic rings. The van der Waals surface area contributed by atoms with Crippen LogP contribution in [0.3, 0.4) is 0 Å². The molecule has 5 nitrogen and oxygen atoms in total. The second-order valence-electron chi connectivity index (χ2n) is 8.75. The van der Waals surface area contributed by atoms with E-state index in [2.05, 4.69) is 53.7 Å². The van der Waals surface area contributed by atoms with E-state index in [1.807, 2.05) is 36.4 Å². The lowest BCUT2D eigenvalue weighted by Gasteiger charge is -2.18. The summed E-state index contributed by atoms with van der Waals surface area (Å²) in [6.45, 7) is 9.85. The number of unbranched alkanes of at least 4 members (excludes halogenated alkanes) is 2. The van der Waals surface area contributed by atoms with Crippen LogP contribution in [0.1, 0.15) is 40.0 Å². The van der Waals surface area contributed by atoms with Gasteiger partial charge in [-0.2, -0.15) is 5.10 Å². The van der Waals surface area contributed by atoms with Gasteiger partial charge in [-0.15, -0.1) is 0 Å². The van der Waals surface area contributed by atoms with E-state index in [-0.39, 0.29) is 5.56 Å². The fourth-order valence-corrected chi connectivity index (χ4v) is 3.36. The number of nitrogens with zero attached hydrogens (tertiary/aromatic N) is 1. The van der Waals surface area contributed by atoms with Crippen molar-refractivity contribution in [3.63, 3.8) is 0 Å². The molecule has 5 heteroatoms. The molecule has 3 aromatic rings. The van der Waals surface area contributed by atoms with Gasteiger partial charge in [0.05, 0.1) is 11.1 Å². The van der Waals surface area contributed by atoms with Crippen molar-refractivity contribution in [1.82, 2.24) is 15.5 Å². The summed E-state index contributed by atoms with van der Waals surface area (Å²) in [5.74, 6) is 0. The van der Waals surface area contributed by atoms with E-state index in [0.29, 0.717) is 10.8 Å². The number of fused-ring (bicyclic) bond motifs is 1. The Balaban J connectivity index is 1.54. The van der Waals surface area contributed by atoms with Crippen LogP contribution in [0.2, 0.25) is 0 Å². The first-order valence-corrected chi connectivity index (χ1v) is 10.5. The molecule has 0 unspecified atom stereocenters. The molecular weight excluding hydrogens is 360 g/mol. The van der Waals surface area contributed by atoms with Crippen LogP contribution < -0.4 is 16.2 Å². The molecule has 0 saturated heterocycles. The molecular formula is C24H32N4O. The van der Waals surface area contributed by atoms with Gasteiger partial charge in [0.1, 0.15) is 0 Å². The topological polar surface area (TPSA) is 69.8 Å². The van der Waals surface area contributed by atoms with Crippen LogP contribution in [0.5, 0.6) is 0 Å². The van der Waals surface area contributed by atoms with Crippen LogP contribution in [0.4, 0.5) is 5.69 Å². The maximum atomic E-state index is 12.0. The van der Waals surface area contributed by atoms with Crippen LogP contribution in [0.15, 0.2) is 53.3 Å². The Labute approximate surface area is 172 Å². The molecule has 0 spiro atoms. The Morgan fingerprint density at radius 2 is 1.69 bits per heavy atom. The molecule has 0 aliphatic carbocycles. The quantitative estimate of drug-likeness (QED) is 0.457. The molecule has 0 atom stereocenters. The Morgan fingerprint density at radius 1 is 0.931 bits per heavy atom. The Morgan fingerprint density at radius 3 is 2.48 bits per heavy atom. The maximum Gasteiger partial charge on any atom is 0.272 e. The molecule has 0 bridgehead atoms. The van der Waals surface area contributed by atoms with Crippen LogP contribution in [-0.4, -0.2) is 29.8 Å². The third-order valence-corrected chi connectivity index (χ3v) is 4.85. The van der Waals surface area contributed by atoms with Crippen molar-refractivity contribution in [3.05, 3.63) is 58.9 Å². The van der Waals surface area contributed by atoms with Crippen molar-refractivity contribution < 1.29 is 0 Å². The minimum atomic E-state index is -0.157. The molecule has 1 aromatic heterocycles. The first kappa shape index (κ1) is 21.1. The zero-order valence-electron chi connectivity index (χ0n) is 17.7. The summed E-state index contributed by atoms with van der Waals surface area (Å²) in [6.07, 6.45) is 3.54. The predicted octanol–water partition coefficient (Wildman–Crippen LogP) is 4.81. The van der Waals surface area contributed by atoms with E-state index in [1.54, 1.807) is 0 Å². The van der Waals surface area contributed by atoms with Gasteiger partial charge in [-0.1, -0.05) is 57.5 Å². The van der Waals surface area contributed by atoms with Crippen LogP contribution in [-0.2, 0) is 0 Å². The van der Waals surface area contributed by atoms with Crippen molar-refractivity contribution in [2.24, 2.45) is 5.41 Å². The summed E-state index contributed by atoms with van der Waals surface area (Å²) in [4.78, 5) is 12.0. The number of anilines is 1. The minimum absolute atomic E-state index is 0.157. The lowest BCUT2D eigenvalue weighted by atomic mass is 9.97. The van der Waals surface area contributed by atoms with Crippen molar-refractivity contribution in [3.8, 4) is 11.3 Å². The van der Waals surface area contributed by atoms with Crippen LogP contribution in [0, 0.1) is 5.41 Å². The monoisotopic (exact) mass is 392 g/mol. The number of hydrogen-bond acceptors (Lipinski definition) is 4. The van der Waals surface area contributed by atoms with Crippen LogP contribution in [0.25, 0.3) is 22.0 Å². The number of nitrogens with one attached hydrogen (secondary N) is 3. The standard InChI is InChI=1S/C24H32N4O/c1-24(2,3)17-25-14-7-4-8-15-26-19-11-9-10-18(16-19)22-20-12-5-6-13-21(20)23(29)28-27-22/h5-6,9-13,16,25-26H,4,7-8,14-15,17H2,1-3H3,(H,28,29). The maximum absolute atomic E-state index is 12.0. The number of aromatic nitrogens is 2. The van der Waals surface area contributed by atoms with Gasteiger partial charge in [-0.3, -0.25) is 4.79 Å². The first-order chi connectivity index (χ1) is 13.9. The minimum Gasteiger partial charge on any atom is -0.385 e. The predicted molar refractivity (Wildman–Crippen MR) is 122 cm³/mol. The zero-order valence-corrected chi connectivity index (χ0v) is 17.7. The van der Waals surface area contributed by atoms with Gasteiger partial charge in [-0.05, 0) is 49.5 Å². The molecule has 29 heavy (non-hydrogen) atoms. The molecule has 1 heterocycles. The van der Waals surface area contributed by atoms with E-state index in [4.69, 9.17) is 0 Å². The molecule has 0 saturated carbocycles. The highest BCUT2D eigenvalue weighted by molar-refractivity contribution is 5.94. The van der Waals surface area contributed by atoms with Crippen LogP contribution >= 0.6 is 0 Å². The molecule has 3 N–H and O–H groups in total. The smallest absolute Gasteiger partial charge is 0.272 e. The molecule has 0 aliphatic heterocycles. The Kier molecular flexibility index (Phi) is 7.04. The van der Waals surface area contributed by atoms with E-state index in [1.165, 1.54) is 12.8 Å². The van der Waals surface area contributed by atoms with Gasteiger partial charge >= 0.3 is 0 Å². The molecule has 3 rings (SSSR count). The van der Waals surface area contributed by atoms with E-state index in [9.17, 15) is 4.79 Å². The number of aromatic amines is 1. The number of rotatable bonds is 9. The average molecular weight is 393 g/mol. The second kappa shape index (κ2) is 9.70. The average Bonchev–Trinajstić information content (AvgIpc) is 2.70. The summed E-state index contributed by atoms with van der Waals surface area (Å²) in [7, 11) is 0. The summed E-state index contributed by atoms with van der Waals surface area (Å²) in [6, 6.07) is 15.8. The molecule has 0 radical (unpaired) electrons. The highest BCUT2D eigenvalue weighted by Gasteiger charge is 2.09. The number of hydrogen-bond donors (Lipinski definition) is 3. The van der Waals surface area contributed by atoms with Crippen molar-refractivity contribution in [2.75, 3.05) is 25.0 Å². The second-order valence-corrected chi connectivity index (χ2v) is 8.75. The Bertz CT molecular complexity index is 988. The lowest BCUT2D eigenvalue weighted by molar-refractivity contribution is 0.378. The number of benzene rings is 2. The highest BCUT2D eigenvalue weighted by Crippen LogP contribution is 2.26. The lowest BCUT2D eigenvalue weighted by Crippen LogP contribution is -2.27. The van der Waals surface area contributed by atoms with Gasteiger partial charge in [0.25, 0.3) is 5.56 Å². The summed E-state index contributed by atoms with van der Waals surface area (Å²) < 4.78 is 0. The highest BCUT2D eigenvalue weighted by atomic mass is 16.1. The fraction of sp³-hybridized carbons (Fsp3) is 0.417. The molecule has 154 valence electrons.